The summed E-state index contributed by atoms with van der Waals surface area (Å²) in [4.78, 5) is 18.9. The molecular formula is C20H22N4O2. The van der Waals surface area contributed by atoms with Crippen LogP contribution in [0.3, 0.4) is 0 Å². The lowest BCUT2D eigenvalue weighted by atomic mass is 9.95. The van der Waals surface area contributed by atoms with E-state index in [0.717, 1.165) is 43.0 Å². The van der Waals surface area contributed by atoms with E-state index in [9.17, 15) is 9.90 Å². The Hall–Kier alpha value is -2.91. The van der Waals surface area contributed by atoms with E-state index in [2.05, 4.69) is 21.3 Å². The van der Waals surface area contributed by atoms with E-state index in [-0.39, 0.29) is 11.8 Å². The summed E-state index contributed by atoms with van der Waals surface area (Å²) >= 11 is 0. The number of nitriles is 1. The first-order chi connectivity index (χ1) is 12.6. The summed E-state index contributed by atoms with van der Waals surface area (Å²) in [5.74, 6) is 0.847. The zero-order chi connectivity index (χ0) is 18.5. The van der Waals surface area contributed by atoms with Gasteiger partial charge in [-0.15, -0.1) is 0 Å². The summed E-state index contributed by atoms with van der Waals surface area (Å²) in [6.07, 6.45) is 2.59. The second-order valence-corrected chi connectivity index (χ2v) is 6.57. The molecule has 2 N–H and O–H groups in total. The van der Waals surface area contributed by atoms with Gasteiger partial charge in [0.1, 0.15) is 11.9 Å². The quantitative estimate of drug-likeness (QED) is 0.885. The molecule has 1 aromatic heterocycles. The van der Waals surface area contributed by atoms with Crippen LogP contribution in [0.2, 0.25) is 0 Å². The van der Waals surface area contributed by atoms with Crippen molar-refractivity contribution in [2.75, 3.05) is 23.3 Å². The lowest BCUT2D eigenvalue weighted by molar-refractivity contribution is -0.120. The third-order valence-electron chi connectivity index (χ3n) is 4.73. The molecule has 1 atom stereocenters. The Morgan fingerprint density at radius 3 is 2.50 bits per heavy atom. The number of hydrogen-bond acceptors (Lipinski definition) is 5. The van der Waals surface area contributed by atoms with Crippen LogP contribution in [-0.4, -0.2) is 29.1 Å². The first-order valence-electron chi connectivity index (χ1n) is 8.77. The lowest BCUT2D eigenvalue weighted by Crippen LogP contribution is -2.38. The molecule has 0 aliphatic carbocycles. The molecule has 6 heteroatoms. The van der Waals surface area contributed by atoms with E-state index in [1.807, 2.05) is 30.3 Å². The molecule has 1 aliphatic rings. The van der Waals surface area contributed by atoms with Gasteiger partial charge in [0.15, 0.2) is 0 Å². The summed E-state index contributed by atoms with van der Waals surface area (Å²) in [7, 11) is 0. The summed E-state index contributed by atoms with van der Waals surface area (Å²) in [5, 5.41) is 21.3. The van der Waals surface area contributed by atoms with Crippen LogP contribution in [0.25, 0.3) is 0 Å². The Bertz CT molecular complexity index is 786. The molecule has 134 valence electrons. The summed E-state index contributed by atoms with van der Waals surface area (Å²) in [6.45, 7) is 3.24. The van der Waals surface area contributed by atoms with E-state index >= 15 is 0 Å². The standard InChI is InChI=1S/C20H22N4O2/c1-14(25)16-3-5-18(6-4-16)23-20(26)17-8-10-24(11-9-17)19-7-2-15(12-21)13-22-19/h2-7,13-14,17,25H,8-11H2,1H3,(H,23,26)/t14-/m0/s1. The number of hydrogen-bond donors (Lipinski definition) is 2. The third-order valence-corrected chi connectivity index (χ3v) is 4.73. The van der Waals surface area contributed by atoms with Crippen molar-refractivity contribution in [1.29, 1.82) is 5.26 Å². The van der Waals surface area contributed by atoms with Crippen molar-refractivity contribution in [3.8, 4) is 6.07 Å². The topological polar surface area (TPSA) is 89.2 Å². The van der Waals surface area contributed by atoms with Gasteiger partial charge in [-0.2, -0.15) is 5.26 Å². The molecule has 0 saturated carbocycles. The van der Waals surface area contributed by atoms with E-state index in [4.69, 9.17) is 5.26 Å². The number of aromatic nitrogens is 1. The lowest BCUT2D eigenvalue weighted by Gasteiger charge is -2.32. The van der Waals surface area contributed by atoms with Gasteiger partial charge in [-0.3, -0.25) is 4.79 Å². The SMILES string of the molecule is C[C@H](O)c1ccc(NC(=O)C2CCN(c3ccc(C#N)cn3)CC2)cc1. The summed E-state index contributed by atoms with van der Waals surface area (Å²) in [5.41, 5.74) is 2.12. The molecule has 0 bridgehead atoms. The van der Waals surface area contributed by atoms with Crippen LogP contribution < -0.4 is 10.2 Å². The number of carbonyl (C=O) groups excluding carboxylic acids is 1. The van der Waals surface area contributed by atoms with Crippen molar-refractivity contribution >= 4 is 17.4 Å². The molecule has 2 heterocycles. The molecule has 1 aromatic carbocycles. The Balaban J connectivity index is 1.53. The number of aliphatic hydroxyl groups excluding tert-OH is 1. The maximum atomic E-state index is 12.5. The monoisotopic (exact) mass is 350 g/mol. The molecular weight excluding hydrogens is 328 g/mol. The molecule has 0 spiro atoms. The van der Waals surface area contributed by atoms with E-state index in [0.29, 0.717) is 5.56 Å². The summed E-state index contributed by atoms with van der Waals surface area (Å²) in [6, 6.07) is 12.9. The average molecular weight is 350 g/mol. The number of nitrogens with one attached hydrogen (secondary N) is 1. The second-order valence-electron chi connectivity index (χ2n) is 6.57. The van der Waals surface area contributed by atoms with E-state index < -0.39 is 6.10 Å². The third kappa shape index (κ3) is 4.19. The number of aliphatic hydroxyl groups is 1. The van der Waals surface area contributed by atoms with Crippen LogP contribution >= 0.6 is 0 Å². The Morgan fingerprint density at radius 2 is 1.96 bits per heavy atom. The van der Waals surface area contributed by atoms with Crippen molar-refractivity contribution in [3.05, 3.63) is 53.7 Å². The molecule has 0 unspecified atom stereocenters. The zero-order valence-electron chi connectivity index (χ0n) is 14.7. The van der Waals surface area contributed by atoms with Crippen LogP contribution in [0.15, 0.2) is 42.6 Å². The van der Waals surface area contributed by atoms with Crippen LogP contribution in [-0.2, 0) is 4.79 Å². The molecule has 1 saturated heterocycles. The number of nitrogens with zero attached hydrogens (tertiary/aromatic N) is 3. The van der Waals surface area contributed by atoms with Gasteiger partial charge in [0.2, 0.25) is 5.91 Å². The number of rotatable bonds is 4. The number of amides is 1. The van der Waals surface area contributed by atoms with Crippen molar-refractivity contribution in [2.24, 2.45) is 5.92 Å². The Labute approximate surface area is 153 Å². The molecule has 3 rings (SSSR count). The van der Waals surface area contributed by atoms with Gasteiger partial charge in [-0.1, -0.05) is 12.1 Å². The minimum absolute atomic E-state index is 0.0268. The zero-order valence-corrected chi connectivity index (χ0v) is 14.7. The summed E-state index contributed by atoms with van der Waals surface area (Å²) < 4.78 is 0. The molecule has 1 fully saturated rings. The highest BCUT2D eigenvalue weighted by molar-refractivity contribution is 5.92. The van der Waals surface area contributed by atoms with Gasteiger partial charge in [-0.25, -0.2) is 4.98 Å². The first-order valence-corrected chi connectivity index (χ1v) is 8.77. The number of pyridine rings is 1. The van der Waals surface area contributed by atoms with Crippen LogP contribution in [0.5, 0.6) is 0 Å². The van der Waals surface area contributed by atoms with Crippen molar-refractivity contribution in [1.82, 2.24) is 4.98 Å². The predicted molar refractivity (Wildman–Crippen MR) is 99.6 cm³/mol. The highest BCUT2D eigenvalue weighted by atomic mass is 16.3. The maximum Gasteiger partial charge on any atom is 0.227 e. The Morgan fingerprint density at radius 1 is 1.27 bits per heavy atom. The molecule has 1 aliphatic heterocycles. The van der Waals surface area contributed by atoms with Gasteiger partial charge in [0.25, 0.3) is 0 Å². The number of carbonyl (C=O) groups is 1. The maximum absolute atomic E-state index is 12.5. The van der Waals surface area contributed by atoms with Gasteiger partial charge < -0.3 is 15.3 Å². The van der Waals surface area contributed by atoms with Crippen LogP contribution in [0, 0.1) is 17.2 Å². The van der Waals surface area contributed by atoms with E-state index in [1.54, 1.807) is 19.2 Å². The minimum atomic E-state index is -0.514. The van der Waals surface area contributed by atoms with Crippen LogP contribution in [0.4, 0.5) is 11.5 Å². The first kappa shape index (κ1) is 17.9. The number of benzene rings is 1. The molecule has 2 aromatic rings. The van der Waals surface area contributed by atoms with E-state index in [1.165, 1.54) is 0 Å². The van der Waals surface area contributed by atoms with Crippen molar-refractivity contribution in [2.45, 2.75) is 25.9 Å². The highest BCUT2D eigenvalue weighted by Crippen LogP contribution is 2.24. The Kier molecular flexibility index (Phi) is 5.49. The molecule has 26 heavy (non-hydrogen) atoms. The number of anilines is 2. The second kappa shape index (κ2) is 7.98. The normalized spacial score (nSPS) is 16.0. The van der Waals surface area contributed by atoms with Crippen molar-refractivity contribution < 1.29 is 9.90 Å². The number of piperidine rings is 1. The van der Waals surface area contributed by atoms with Crippen molar-refractivity contribution in [3.63, 3.8) is 0 Å². The molecule has 6 nitrogen and oxygen atoms in total. The minimum Gasteiger partial charge on any atom is -0.389 e. The molecule has 0 radical (unpaired) electrons. The average Bonchev–Trinajstić information content (AvgIpc) is 2.68. The molecule has 1 amide bonds. The van der Waals surface area contributed by atoms with Gasteiger partial charge in [-0.05, 0) is 49.6 Å². The largest absolute Gasteiger partial charge is 0.389 e. The van der Waals surface area contributed by atoms with Crippen LogP contribution in [0.1, 0.15) is 37.0 Å². The predicted octanol–water partition coefficient (Wildman–Crippen LogP) is 2.86. The fourth-order valence-corrected chi connectivity index (χ4v) is 3.10. The smallest absolute Gasteiger partial charge is 0.227 e. The van der Waals surface area contributed by atoms with Gasteiger partial charge in [0, 0.05) is 30.9 Å². The van der Waals surface area contributed by atoms with Gasteiger partial charge >= 0.3 is 0 Å². The highest BCUT2D eigenvalue weighted by Gasteiger charge is 2.25. The fourth-order valence-electron chi connectivity index (χ4n) is 3.10. The fraction of sp³-hybridized carbons (Fsp3) is 0.350. The van der Waals surface area contributed by atoms with Gasteiger partial charge in [0.05, 0.1) is 11.7 Å².